The van der Waals surface area contributed by atoms with E-state index in [2.05, 4.69) is 68.9 Å². The number of nitrogens with one attached hydrogen (secondary N) is 2. The van der Waals surface area contributed by atoms with Crippen molar-refractivity contribution in [3.05, 3.63) is 118 Å². The number of aromatic nitrogens is 4. The lowest BCUT2D eigenvalue weighted by Crippen LogP contribution is -1.77. The van der Waals surface area contributed by atoms with E-state index in [1.165, 1.54) is 16.3 Å². The van der Waals surface area contributed by atoms with Gasteiger partial charge in [-0.1, -0.05) is 71.7 Å². The maximum Gasteiger partial charge on any atom is 0.0578 e. The van der Waals surface area contributed by atoms with Crippen LogP contribution in [0.15, 0.2) is 85.2 Å². The molecule has 5 aromatic rings. The van der Waals surface area contributed by atoms with Crippen molar-refractivity contribution in [1.82, 2.24) is 20.4 Å². The predicted molar refractivity (Wildman–Crippen MR) is 135 cm³/mol. The fraction of sp³-hybridized carbons (Fsp3) is 0. The second-order valence-electron chi connectivity index (χ2n) is 6.93. The molecule has 4 nitrogen and oxygen atoms in total. The molecule has 0 amide bonds. The topological polar surface area (TPSA) is 57.4 Å². The Balaban J connectivity index is 0.000000155. The van der Waals surface area contributed by atoms with Gasteiger partial charge >= 0.3 is 0 Å². The highest BCUT2D eigenvalue weighted by Crippen LogP contribution is 2.26. The molecule has 0 saturated carbocycles. The lowest BCUT2D eigenvalue weighted by Gasteiger charge is -1.99. The number of benzene rings is 3. The Hall–Kier alpha value is -3.60. The normalized spacial score (nSPS) is 11.2. The van der Waals surface area contributed by atoms with Crippen LogP contribution in [-0.2, 0) is 0 Å². The maximum absolute atomic E-state index is 6.01. The summed E-state index contributed by atoms with van der Waals surface area (Å²) in [6.45, 7) is 0. The number of fused-ring (bicyclic) bond motifs is 1. The third kappa shape index (κ3) is 5.76. The molecule has 0 unspecified atom stereocenters. The highest BCUT2D eigenvalue weighted by Gasteiger charge is 2.00. The summed E-state index contributed by atoms with van der Waals surface area (Å²) in [5.41, 5.74) is 3.93. The van der Waals surface area contributed by atoms with Crippen LogP contribution < -0.4 is 0 Å². The van der Waals surface area contributed by atoms with Gasteiger partial charge in [-0.25, -0.2) is 0 Å². The molecule has 0 fully saturated rings. The summed E-state index contributed by atoms with van der Waals surface area (Å²) in [6.07, 6.45) is 11.3. The zero-order chi connectivity index (χ0) is 22.2. The average Bonchev–Trinajstić information content (AvgIpc) is 3.52. The van der Waals surface area contributed by atoms with Crippen LogP contribution in [0.5, 0.6) is 0 Å². The SMILES string of the molecule is C(=C\c1ccn[nH]1)/c1ccc2ccccc2c1.Clc1cccc(Cl)c1/C=C\c1ccn[nH]1. The van der Waals surface area contributed by atoms with Crippen LogP contribution in [0.2, 0.25) is 10.0 Å². The summed E-state index contributed by atoms with van der Waals surface area (Å²) in [4.78, 5) is 0. The van der Waals surface area contributed by atoms with E-state index in [1.54, 1.807) is 24.5 Å². The van der Waals surface area contributed by atoms with Gasteiger partial charge in [0.2, 0.25) is 0 Å². The van der Waals surface area contributed by atoms with Gasteiger partial charge in [-0.3, -0.25) is 10.2 Å². The van der Waals surface area contributed by atoms with Gasteiger partial charge in [0.25, 0.3) is 0 Å². The monoisotopic (exact) mass is 458 g/mol. The number of nitrogens with zero attached hydrogens (tertiary/aromatic N) is 2. The van der Waals surface area contributed by atoms with Crippen molar-refractivity contribution >= 4 is 58.3 Å². The Morgan fingerprint density at radius 1 is 0.594 bits per heavy atom. The van der Waals surface area contributed by atoms with E-state index in [0.29, 0.717) is 10.0 Å². The van der Waals surface area contributed by atoms with E-state index < -0.39 is 0 Å². The Labute approximate surface area is 196 Å². The predicted octanol–water partition coefficient (Wildman–Crippen LogP) is 7.62. The maximum atomic E-state index is 6.01. The molecule has 0 atom stereocenters. The smallest absolute Gasteiger partial charge is 0.0578 e. The van der Waals surface area contributed by atoms with E-state index in [4.69, 9.17) is 23.2 Å². The van der Waals surface area contributed by atoms with Gasteiger partial charge in [-0.15, -0.1) is 0 Å². The molecule has 32 heavy (non-hydrogen) atoms. The molecule has 0 bridgehead atoms. The van der Waals surface area contributed by atoms with Crippen LogP contribution >= 0.6 is 23.2 Å². The first-order chi connectivity index (χ1) is 15.7. The highest BCUT2D eigenvalue weighted by molar-refractivity contribution is 6.37. The Kier molecular flexibility index (Phi) is 7.18. The lowest BCUT2D eigenvalue weighted by molar-refractivity contribution is 1.08. The quantitative estimate of drug-likeness (QED) is 0.290. The van der Waals surface area contributed by atoms with Gasteiger partial charge in [0, 0.05) is 28.0 Å². The summed E-state index contributed by atoms with van der Waals surface area (Å²) in [5.74, 6) is 0. The van der Waals surface area contributed by atoms with Gasteiger partial charge in [-0.2, -0.15) is 10.2 Å². The summed E-state index contributed by atoms with van der Waals surface area (Å²) < 4.78 is 0. The van der Waals surface area contributed by atoms with E-state index in [-0.39, 0.29) is 0 Å². The fourth-order valence-electron chi connectivity index (χ4n) is 3.06. The number of hydrogen-bond donors (Lipinski definition) is 2. The first-order valence-corrected chi connectivity index (χ1v) is 10.7. The molecule has 6 heteroatoms. The number of rotatable bonds is 4. The molecule has 0 aliphatic heterocycles. The average molecular weight is 459 g/mol. The fourth-order valence-corrected chi connectivity index (χ4v) is 3.58. The van der Waals surface area contributed by atoms with Crippen LogP contribution in [0, 0.1) is 0 Å². The third-order valence-corrected chi connectivity index (χ3v) is 5.36. The highest BCUT2D eigenvalue weighted by atomic mass is 35.5. The molecule has 0 saturated heterocycles. The number of halogens is 2. The van der Waals surface area contributed by atoms with E-state index in [0.717, 1.165) is 17.0 Å². The number of hydrogen-bond acceptors (Lipinski definition) is 2. The second kappa shape index (κ2) is 10.6. The van der Waals surface area contributed by atoms with E-state index in [9.17, 15) is 0 Å². The molecule has 0 radical (unpaired) electrons. The zero-order valence-electron chi connectivity index (χ0n) is 17.0. The van der Waals surface area contributed by atoms with E-state index >= 15 is 0 Å². The molecule has 2 N–H and O–H groups in total. The standard InChI is InChI=1S/C15H12N2.C11H8Cl2N2/c1-2-4-14-11-12(5-7-13(14)3-1)6-8-15-9-10-16-17-15;12-10-2-1-3-11(13)9(10)5-4-8-6-7-14-15-8/h1-11H,(H,16,17);1-7H,(H,14,15)/b8-6+;5-4-. The van der Waals surface area contributed by atoms with Crippen LogP contribution in [0.1, 0.15) is 22.5 Å². The van der Waals surface area contributed by atoms with Gasteiger partial charge < -0.3 is 0 Å². The van der Waals surface area contributed by atoms with Crippen molar-refractivity contribution in [3.63, 3.8) is 0 Å². The van der Waals surface area contributed by atoms with Crippen LogP contribution in [-0.4, -0.2) is 20.4 Å². The molecule has 0 spiro atoms. The Morgan fingerprint density at radius 2 is 1.22 bits per heavy atom. The minimum absolute atomic E-state index is 0.637. The number of H-pyrrole nitrogens is 2. The molecular formula is C26H20Cl2N4. The van der Waals surface area contributed by atoms with Gasteiger partial charge in [-0.05, 0) is 64.9 Å². The van der Waals surface area contributed by atoms with Crippen molar-refractivity contribution in [2.75, 3.05) is 0 Å². The Bertz CT molecular complexity index is 1320. The number of aromatic amines is 2. The molecule has 0 aliphatic rings. The largest absolute Gasteiger partial charge is 0.278 e. The molecule has 3 aromatic carbocycles. The minimum atomic E-state index is 0.637. The first-order valence-electron chi connectivity index (χ1n) is 9.97. The summed E-state index contributed by atoms with van der Waals surface area (Å²) >= 11 is 12.0. The van der Waals surface area contributed by atoms with Crippen molar-refractivity contribution in [2.24, 2.45) is 0 Å². The summed E-state index contributed by atoms with van der Waals surface area (Å²) in [5, 5.41) is 17.3. The van der Waals surface area contributed by atoms with Crippen LogP contribution in [0.25, 0.3) is 35.1 Å². The van der Waals surface area contributed by atoms with Gasteiger partial charge in [0.1, 0.15) is 0 Å². The molecule has 5 rings (SSSR count). The van der Waals surface area contributed by atoms with Gasteiger partial charge in [0.15, 0.2) is 0 Å². The molecular weight excluding hydrogens is 439 g/mol. The van der Waals surface area contributed by atoms with Crippen molar-refractivity contribution in [2.45, 2.75) is 0 Å². The van der Waals surface area contributed by atoms with Crippen molar-refractivity contribution in [3.8, 4) is 0 Å². The van der Waals surface area contributed by atoms with Gasteiger partial charge in [0.05, 0.1) is 11.4 Å². The Morgan fingerprint density at radius 3 is 1.84 bits per heavy atom. The zero-order valence-corrected chi connectivity index (χ0v) is 18.6. The van der Waals surface area contributed by atoms with E-state index in [1.807, 2.05) is 36.4 Å². The summed E-state index contributed by atoms with van der Waals surface area (Å²) in [7, 11) is 0. The van der Waals surface area contributed by atoms with Crippen LogP contribution in [0.3, 0.4) is 0 Å². The molecule has 2 heterocycles. The molecule has 0 aliphatic carbocycles. The second-order valence-corrected chi connectivity index (χ2v) is 7.75. The summed E-state index contributed by atoms with van der Waals surface area (Å²) in [6, 6.07) is 24.0. The third-order valence-electron chi connectivity index (χ3n) is 4.70. The van der Waals surface area contributed by atoms with Crippen molar-refractivity contribution < 1.29 is 0 Å². The molecule has 2 aromatic heterocycles. The van der Waals surface area contributed by atoms with Crippen LogP contribution in [0.4, 0.5) is 0 Å². The first kappa shape index (κ1) is 21.6. The van der Waals surface area contributed by atoms with Crippen molar-refractivity contribution in [1.29, 1.82) is 0 Å². The molecule has 158 valence electrons. The lowest BCUT2D eigenvalue weighted by atomic mass is 10.1. The minimum Gasteiger partial charge on any atom is -0.278 e.